The summed E-state index contributed by atoms with van der Waals surface area (Å²) in [5.41, 5.74) is 7.04. The number of hydrogen-bond acceptors (Lipinski definition) is 3. The first-order valence-electron chi connectivity index (χ1n) is 5.75. The fraction of sp³-hybridized carbons (Fsp3) is 0.538. The van der Waals surface area contributed by atoms with E-state index >= 15 is 0 Å². The lowest BCUT2D eigenvalue weighted by molar-refractivity contribution is -0.00242. The maximum absolute atomic E-state index is 5.92. The van der Waals surface area contributed by atoms with Crippen LogP contribution in [0.2, 0.25) is 0 Å². The molecule has 0 spiro atoms. The summed E-state index contributed by atoms with van der Waals surface area (Å²) in [5.74, 6) is 0. The van der Waals surface area contributed by atoms with Gasteiger partial charge in [0, 0.05) is 12.6 Å². The summed E-state index contributed by atoms with van der Waals surface area (Å²) >= 11 is 0. The molecule has 1 aromatic rings. The summed E-state index contributed by atoms with van der Waals surface area (Å²) in [7, 11) is 0. The van der Waals surface area contributed by atoms with Crippen molar-refractivity contribution in [3.63, 3.8) is 0 Å². The summed E-state index contributed by atoms with van der Waals surface area (Å²) in [6.45, 7) is 5.84. The van der Waals surface area contributed by atoms with Crippen LogP contribution >= 0.6 is 0 Å². The van der Waals surface area contributed by atoms with Crippen molar-refractivity contribution in [1.82, 2.24) is 0 Å². The summed E-state index contributed by atoms with van der Waals surface area (Å²) in [4.78, 5) is 0. The predicted octanol–water partition coefficient (Wildman–Crippen LogP) is 2.13. The van der Waals surface area contributed by atoms with Crippen molar-refractivity contribution in [2.24, 2.45) is 5.73 Å². The fourth-order valence-corrected chi connectivity index (χ4v) is 1.57. The van der Waals surface area contributed by atoms with Gasteiger partial charge in [0.2, 0.25) is 0 Å². The van der Waals surface area contributed by atoms with Crippen LogP contribution in [0.5, 0.6) is 0 Å². The standard InChI is InChI=1S/C13H21NO2/c1-3-15-9-10-16-13(11(2)14)12-7-5-4-6-8-12/h4-8,11,13H,3,9-10,14H2,1-2H3. The van der Waals surface area contributed by atoms with Crippen molar-refractivity contribution in [1.29, 1.82) is 0 Å². The summed E-state index contributed by atoms with van der Waals surface area (Å²) in [6.07, 6.45) is -0.0540. The molecule has 2 unspecified atom stereocenters. The lowest BCUT2D eigenvalue weighted by atomic mass is 10.0. The molecule has 0 amide bonds. The van der Waals surface area contributed by atoms with E-state index in [1.165, 1.54) is 0 Å². The van der Waals surface area contributed by atoms with Gasteiger partial charge in [0.25, 0.3) is 0 Å². The molecule has 3 nitrogen and oxygen atoms in total. The molecule has 0 saturated heterocycles. The third-order valence-corrected chi connectivity index (χ3v) is 2.33. The van der Waals surface area contributed by atoms with E-state index in [4.69, 9.17) is 15.2 Å². The zero-order chi connectivity index (χ0) is 11.8. The van der Waals surface area contributed by atoms with E-state index in [1.54, 1.807) is 0 Å². The van der Waals surface area contributed by atoms with Crippen LogP contribution < -0.4 is 5.73 Å². The maximum Gasteiger partial charge on any atom is 0.0974 e. The van der Waals surface area contributed by atoms with Crippen molar-refractivity contribution < 1.29 is 9.47 Å². The van der Waals surface area contributed by atoms with Crippen LogP contribution in [0.15, 0.2) is 30.3 Å². The predicted molar refractivity (Wildman–Crippen MR) is 65.3 cm³/mol. The highest BCUT2D eigenvalue weighted by atomic mass is 16.5. The third-order valence-electron chi connectivity index (χ3n) is 2.33. The monoisotopic (exact) mass is 223 g/mol. The average molecular weight is 223 g/mol. The third kappa shape index (κ3) is 4.31. The van der Waals surface area contributed by atoms with Gasteiger partial charge in [-0.2, -0.15) is 0 Å². The topological polar surface area (TPSA) is 44.5 Å². The van der Waals surface area contributed by atoms with E-state index in [-0.39, 0.29) is 12.1 Å². The second-order valence-electron chi connectivity index (χ2n) is 3.76. The molecule has 1 aromatic carbocycles. The van der Waals surface area contributed by atoms with Crippen LogP contribution in [0, 0.1) is 0 Å². The van der Waals surface area contributed by atoms with Gasteiger partial charge in [0.15, 0.2) is 0 Å². The lowest BCUT2D eigenvalue weighted by Gasteiger charge is -2.21. The van der Waals surface area contributed by atoms with E-state index in [0.29, 0.717) is 13.2 Å². The van der Waals surface area contributed by atoms with Crippen LogP contribution in [0.4, 0.5) is 0 Å². The zero-order valence-corrected chi connectivity index (χ0v) is 10.1. The Morgan fingerprint density at radius 2 is 1.88 bits per heavy atom. The quantitative estimate of drug-likeness (QED) is 0.720. The van der Waals surface area contributed by atoms with Crippen molar-refractivity contribution in [2.45, 2.75) is 26.0 Å². The van der Waals surface area contributed by atoms with E-state index in [2.05, 4.69) is 0 Å². The number of rotatable bonds is 7. The Morgan fingerprint density at radius 3 is 2.44 bits per heavy atom. The van der Waals surface area contributed by atoms with Gasteiger partial charge in [-0.25, -0.2) is 0 Å². The van der Waals surface area contributed by atoms with Crippen molar-refractivity contribution in [2.75, 3.05) is 19.8 Å². The maximum atomic E-state index is 5.92. The minimum Gasteiger partial charge on any atom is -0.379 e. The molecule has 0 aliphatic rings. The summed E-state index contributed by atoms with van der Waals surface area (Å²) in [6, 6.07) is 10.0. The molecule has 0 aromatic heterocycles. The molecular formula is C13H21NO2. The SMILES string of the molecule is CCOCCOC(c1ccccc1)C(C)N. The molecule has 2 N–H and O–H groups in total. The van der Waals surface area contributed by atoms with Crippen LogP contribution in [0.1, 0.15) is 25.5 Å². The number of nitrogens with two attached hydrogens (primary N) is 1. The van der Waals surface area contributed by atoms with Gasteiger partial charge in [-0.3, -0.25) is 0 Å². The second-order valence-corrected chi connectivity index (χ2v) is 3.76. The molecule has 0 saturated carbocycles. The van der Waals surface area contributed by atoms with Crippen molar-refractivity contribution >= 4 is 0 Å². The van der Waals surface area contributed by atoms with E-state index < -0.39 is 0 Å². The Labute approximate surface area is 97.6 Å². The molecule has 2 atom stereocenters. The Kier molecular flexibility index (Phi) is 6.08. The minimum absolute atomic E-state index is 0.0240. The van der Waals surface area contributed by atoms with Gasteiger partial charge < -0.3 is 15.2 Å². The minimum atomic E-state index is -0.0540. The molecule has 0 fully saturated rings. The molecule has 0 radical (unpaired) electrons. The van der Waals surface area contributed by atoms with Crippen molar-refractivity contribution in [3.05, 3.63) is 35.9 Å². The summed E-state index contributed by atoms with van der Waals surface area (Å²) < 4.78 is 11.0. The Balaban J connectivity index is 2.49. The van der Waals surface area contributed by atoms with Crippen molar-refractivity contribution in [3.8, 4) is 0 Å². The Morgan fingerprint density at radius 1 is 1.19 bits per heavy atom. The Bertz CT molecular complexity index is 275. The first kappa shape index (κ1) is 13.2. The highest BCUT2D eigenvalue weighted by molar-refractivity contribution is 5.18. The van der Waals surface area contributed by atoms with Crippen LogP contribution in [0.25, 0.3) is 0 Å². The highest BCUT2D eigenvalue weighted by Crippen LogP contribution is 2.19. The molecule has 0 heterocycles. The number of ether oxygens (including phenoxy) is 2. The molecule has 3 heteroatoms. The molecule has 1 rings (SSSR count). The molecule has 16 heavy (non-hydrogen) atoms. The average Bonchev–Trinajstić information content (AvgIpc) is 2.30. The highest BCUT2D eigenvalue weighted by Gasteiger charge is 2.15. The lowest BCUT2D eigenvalue weighted by Crippen LogP contribution is -2.28. The molecule has 90 valence electrons. The normalized spacial score (nSPS) is 14.7. The van der Waals surface area contributed by atoms with Gasteiger partial charge in [-0.05, 0) is 19.4 Å². The van der Waals surface area contributed by atoms with Crippen LogP contribution in [0.3, 0.4) is 0 Å². The fourth-order valence-electron chi connectivity index (χ4n) is 1.57. The second kappa shape index (κ2) is 7.39. The first-order chi connectivity index (χ1) is 7.75. The summed E-state index contributed by atoms with van der Waals surface area (Å²) in [5, 5.41) is 0. The molecular weight excluding hydrogens is 202 g/mol. The first-order valence-corrected chi connectivity index (χ1v) is 5.75. The van der Waals surface area contributed by atoms with Gasteiger partial charge in [0.05, 0.1) is 19.3 Å². The van der Waals surface area contributed by atoms with Gasteiger partial charge in [0.1, 0.15) is 0 Å². The van der Waals surface area contributed by atoms with E-state index in [1.807, 2.05) is 44.2 Å². The van der Waals surface area contributed by atoms with Crippen LogP contribution in [-0.2, 0) is 9.47 Å². The number of hydrogen-bond donors (Lipinski definition) is 1. The van der Waals surface area contributed by atoms with Gasteiger partial charge in [-0.1, -0.05) is 30.3 Å². The van der Waals surface area contributed by atoms with E-state index in [9.17, 15) is 0 Å². The molecule has 0 aliphatic carbocycles. The zero-order valence-electron chi connectivity index (χ0n) is 10.1. The number of benzene rings is 1. The van der Waals surface area contributed by atoms with E-state index in [0.717, 1.165) is 12.2 Å². The van der Waals surface area contributed by atoms with Gasteiger partial charge >= 0.3 is 0 Å². The molecule has 0 bridgehead atoms. The van der Waals surface area contributed by atoms with Gasteiger partial charge in [-0.15, -0.1) is 0 Å². The largest absolute Gasteiger partial charge is 0.379 e. The molecule has 0 aliphatic heterocycles. The smallest absolute Gasteiger partial charge is 0.0974 e. The Hall–Kier alpha value is -0.900. The van der Waals surface area contributed by atoms with Crippen LogP contribution in [-0.4, -0.2) is 25.9 Å².